The van der Waals surface area contributed by atoms with Crippen molar-refractivity contribution in [1.82, 2.24) is 20.3 Å². The maximum Gasteiger partial charge on any atom is 0.0862 e. The zero-order chi connectivity index (χ0) is 9.97. The van der Waals surface area contributed by atoms with Gasteiger partial charge >= 0.3 is 0 Å². The van der Waals surface area contributed by atoms with Gasteiger partial charge in [0.15, 0.2) is 0 Å². The summed E-state index contributed by atoms with van der Waals surface area (Å²) in [5, 5.41) is 11.7. The Morgan fingerprint density at radius 1 is 1.57 bits per heavy atom. The lowest BCUT2D eigenvalue weighted by Crippen LogP contribution is -2.23. The van der Waals surface area contributed by atoms with Crippen LogP contribution in [0, 0.1) is 0 Å². The van der Waals surface area contributed by atoms with Crippen molar-refractivity contribution < 1.29 is 0 Å². The lowest BCUT2D eigenvalue weighted by molar-refractivity contribution is 0.480. The maximum atomic E-state index is 4.25. The summed E-state index contributed by atoms with van der Waals surface area (Å²) in [5.74, 6) is 0.610. The van der Waals surface area contributed by atoms with E-state index in [0.29, 0.717) is 5.92 Å². The number of nitrogens with one attached hydrogen (secondary N) is 1. The average Bonchev–Trinajstić information content (AvgIpc) is 2.62. The van der Waals surface area contributed by atoms with E-state index in [1.165, 1.54) is 24.2 Å². The molecule has 4 heteroatoms. The molecule has 0 amide bonds. The number of aryl methyl sites for hydroxylation is 2. The van der Waals surface area contributed by atoms with Gasteiger partial charge in [0.05, 0.1) is 11.4 Å². The lowest BCUT2D eigenvalue weighted by atomic mass is 9.89. The molecule has 0 radical (unpaired) electrons. The van der Waals surface area contributed by atoms with Gasteiger partial charge < -0.3 is 5.32 Å². The molecule has 0 fully saturated rings. The highest BCUT2D eigenvalue weighted by Crippen LogP contribution is 2.29. The minimum atomic E-state index is 0.610. The SMILES string of the molecule is CCn1nnc2c1C(CNC)CCC2. The normalized spacial score (nSPS) is 20.9. The molecule has 0 saturated carbocycles. The minimum Gasteiger partial charge on any atom is -0.319 e. The summed E-state index contributed by atoms with van der Waals surface area (Å²) in [6.45, 7) is 4.10. The molecule has 14 heavy (non-hydrogen) atoms. The van der Waals surface area contributed by atoms with E-state index in [-0.39, 0.29) is 0 Å². The Hall–Kier alpha value is -0.900. The van der Waals surface area contributed by atoms with Gasteiger partial charge in [0.1, 0.15) is 0 Å². The quantitative estimate of drug-likeness (QED) is 0.778. The molecular formula is C10H18N4. The fourth-order valence-corrected chi connectivity index (χ4v) is 2.31. The van der Waals surface area contributed by atoms with Crippen LogP contribution >= 0.6 is 0 Å². The predicted octanol–water partition coefficient (Wildman–Crippen LogP) is 0.937. The molecule has 0 aliphatic heterocycles. The monoisotopic (exact) mass is 194 g/mol. The van der Waals surface area contributed by atoms with Crippen molar-refractivity contribution in [3.05, 3.63) is 11.4 Å². The zero-order valence-corrected chi connectivity index (χ0v) is 8.95. The molecule has 1 heterocycles. The number of aromatic nitrogens is 3. The van der Waals surface area contributed by atoms with Crippen LogP contribution in [0.1, 0.15) is 37.1 Å². The van der Waals surface area contributed by atoms with Gasteiger partial charge in [0.25, 0.3) is 0 Å². The number of likely N-dealkylation sites (N-methyl/N-ethyl adjacent to an activating group) is 1. The van der Waals surface area contributed by atoms with Crippen LogP contribution in [0.5, 0.6) is 0 Å². The molecule has 1 aromatic heterocycles. The van der Waals surface area contributed by atoms with Gasteiger partial charge in [-0.3, -0.25) is 0 Å². The van der Waals surface area contributed by atoms with E-state index in [1.54, 1.807) is 0 Å². The highest BCUT2D eigenvalue weighted by atomic mass is 15.4. The molecule has 1 atom stereocenters. The van der Waals surface area contributed by atoms with E-state index in [1.807, 2.05) is 7.05 Å². The second kappa shape index (κ2) is 4.09. The van der Waals surface area contributed by atoms with Crippen LogP contribution in [0.2, 0.25) is 0 Å². The van der Waals surface area contributed by atoms with Gasteiger partial charge in [-0.05, 0) is 33.2 Å². The van der Waals surface area contributed by atoms with Crippen LogP contribution < -0.4 is 5.32 Å². The first-order valence-corrected chi connectivity index (χ1v) is 5.43. The molecule has 2 rings (SSSR count). The molecule has 0 spiro atoms. The fourth-order valence-electron chi connectivity index (χ4n) is 2.31. The van der Waals surface area contributed by atoms with Gasteiger partial charge in [-0.1, -0.05) is 5.21 Å². The number of nitrogens with zero attached hydrogens (tertiary/aromatic N) is 3. The van der Waals surface area contributed by atoms with Crippen LogP contribution in [-0.4, -0.2) is 28.6 Å². The molecule has 0 saturated heterocycles. The van der Waals surface area contributed by atoms with Crippen molar-refractivity contribution >= 4 is 0 Å². The van der Waals surface area contributed by atoms with Crippen molar-refractivity contribution in [1.29, 1.82) is 0 Å². The van der Waals surface area contributed by atoms with Crippen molar-refractivity contribution in [3.8, 4) is 0 Å². The summed E-state index contributed by atoms with van der Waals surface area (Å²) in [7, 11) is 2.01. The lowest BCUT2D eigenvalue weighted by Gasteiger charge is -2.22. The average molecular weight is 194 g/mol. The second-order valence-electron chi connectivity index (χ2n) is 3.88. The highest BCUT2D eigenvalue weighted by molar-refractivity contribution is 5.19. The summed E-state index contributed by atoms with van der Waals surface area (Å²) in [6.07, 6.45) is 3.62. The Bertz CT molecular complexity index is 292. The molecule has 1 aliphatic carbocycles. The van der Waals surface area contributed by atoms with Crippen molar-refractivity contribution in [2.24, 2.45) is 0 Å². The summed E-state index contributed by atoms with van der Waals surface area (Å²) in [6, 6.07) is 0. The first-order chi connectivity index (χ1) is 6.86. The van der Waals surface area contributed by atoms with Crippen molar-refractivity contribution in [2.45, 2.75) is 38.6 Å². The third kappa shape index (κ3) is 1.54. The number of hydrogen-bond donors (Lipinski definition) is 1. The topological polar surface area (TPSA) is 42.7 Å². The first-order valence-electron chi connectivity index (χ1n) is 5.43. The fraction of sp³-hybridized carbons (Fsp3) is 0.800. The zero-order valence-electron chi connectivity index (χ0n) is 8.95. The van der Waals surface area contributed by atoms with Crippen LogP contribution in [0.25, 0.3) is 0 Å². The molecule has 1 unspecified atom stereocenters. The Labute approximate surface area is 84.7 Å². The molecule has 1 aliphatic rings. The first kappa shape index (κ1) is 9.65. The highest BCUT2D eigenvalue weighted by Gasteiger charge is 2.25. The summed E-state index contributed by atoms with van der Waals surface area (Å²) < 4.78 is 2.05. The molecule has 0 bridgehead atoms. The van der Waals surface area contributed by atoms with Crippen LogP contribution in [0.4, 0.5) is 0 Å². The smallest absolute Gasteiger partial charge is 0.0862 e. The predicted molar refractivity (Wildman–Crippen MR) is 55.3 cm³/mol. The molecular weight excluding hydrogens is 176 g/mol. The number of fused-ring (bicyclic) bond motifs is 1. The standard InChI is InChI=1S/C10H18N4/c1-3-14-10-8(7-11-2)5-4-6-9(10)12-13-14/h8,11H,3-7H2,1-2H3. The summed E-state index contributed by atoms with van der Waals surface area (Å²) in [5.41, 5.74) is 2.59. The summed E-state index contributed by atoms with van der Waals surface area (Å²) >= 11 is 0. The van der Waals surface area contributed by atoms with E-state index in [9.17, 15) is 0 Å². The van der Waals surface area contributed by atoms with E-state index in [0.717, 1.165) is 19.5 Å². The van der Waals surface area contributed by atoms with Crippen LogP contribution in [-0.2, 0) is 13.0 Å². The van der Waals surface area contributed by atoms with E-state index in [2.05, 4.69) is 27.2 Å². The second-order valence-corrected chi connectivity index (χ2v) is 3.88. The largest absolute Gasteiger partial charge is 0.319 e. The number of hydrogen-bond acceptors (Lipinski definition) is 3. The van der Waals surface area contributed by atoms with Crippen molar-refractivity contribution in [3.63, 3.8) is 0 Å². The molecule has 4 nitrogen and oxygen atoms in total. The van der Waals surface area contributed by atoms with Gasteiger partial charge in [-0.2, -0.15) is 0 Å². The Morgan fingerprint density at radius 2 is 2.43 bits per heavy atom. The van der Waals surface area contributed by atoms with Gasteiger partial charge in [0.2, 0.25) is 0 Å². The third-order valence-corrected chi connectivity index (χ3v) is 2.95. The Kier molecular flexibility index (Phi) is 2.82. The van der Waals surface area contributed by atoms with E-state index >= 15 is 0 Å². The molecule has 78 valence electrons. The van der Waals surface area contributed by atoms with Gasteiger partial charge in [0, 0.05) is 19.0 Å². The molecule has 1 aromatic rings. The minimum absolute atomic E-state index is 0.610. The van der Waals surface area contributed by atoms with Crippen LogP contribution in [0.3, 0.4) is 0 Å². The Morgan fingerprint density at radius 3 is 3.14 bits per heavy atom. The van der Waals surface area contributed by atoms with Gasteiger partial charge in [-0.15, -0.1) is 5.10 Å². The van der Waals surface area contributed by atoms with Crippen molar-refractivity contribution in [2.75, 3.05) is 13.6 Å². The summed E-state index contributed by atoms with van der Waals surface area (Å²) in [4.78, 5) is 0. The maximum absolute atomic E-state index is 4.25. The molecule has 1 N–H and O–H groups in total. The van der Waals surface area contributed by atoms with E-state index < -0.39 is 0 Å². The molecule has 0 aromatic carbocycles. The van der Waals surface area contributed by atoms with Crippen LogP contribution in [0.15, 0.2) is 0 Å². The third-order valence-electron chi connectivity index (χ3n) is 2.95. The van der Waals surface area contributed by atoms with Gasteiger partial charge in [-0.25, -0.2) is 4.68 Å². The Balaban J connectivity index is 2.30. The van der Waals surface area contributed by atoms with E-state index in [4.69, 9.17) is 0 Å². The number of rotatable bonds is 3.